The lowest BCUT2D eigenvalue weighted by atomic mass is 9.99. The summed E-state index contributed by atoms with van der Waals surface area (Å²) < 4.78 is 19.0. The van der Waals surface area contributed by atoms with E-state index in [4.69, 9.17) is 25.8 Å². The first-order valence-corrected chi connectivity index (χ1v) is 13.7. The molecule has 2 saturated heterocycles. The van der Waals surface area contributed by atoms with E-state index in [0.717, 1.165) is 74.2 Å². The van der Waals surface area contributed by atoms with Gasteiger partial charge < -0.3 is 19.5 Å². The van der Waals surface area contributed by atoms with Crippen LogP contribution in [0.1, 0.15) is 69.0 Å². The number of esters is 1. The maximum absolute atomic E-state index is 12.8. The van der Waals surface area contributed by atoms with Gasteiger partial charge in [0.25, 0.3) is 0 Å². The van der Waals surface area contributed by atoms with Crippen LogP contribution in [0, 0.1) is 17.8 Å². The molecule has 5 rings (SSSR count). The molecule has 200 valence electrons. The number of hydrogen-bond acceptors (Lipinski definition) is 6. The second kappa shape index (κ2) is 11.8. The molecule has 7 nitrogen and oxygen atoms in total. The first-order chi connectivity index (χ1) is 18.4. The fourth-order valence-corrected chi connectivity index (χ4v) is 4.97. The number of carbonyl (C=O) groups excluding carboxylic acids is 1. The van der Waals surface area contributed by atoms with E-state index in [2.05, 4.69) is 22.3 Å². The molecule has 3 aromatic rings. The third kappa shape index (κ3) is 6.50. The molecule has 8 heteroatoms. The fraction of sp³-hybridized carbons (Fsp3) is 0.467. The van der Waals surface area contributed by atoms with Crippen molar-refractivity contribution < 1.29 is 19.0 Å². The van der Waals surface area contributed by atoms with E-state index in [9.17, 15) is 4.79 Å². The number of carbonyl (C=O) groups is 1. The molecule has 0 bridgehead atoms. The van der Waals surface area contributed by atoms with Crippen molar-refractivity contribution in [3.8, 4) is 11.8 Å². The largest absolute Gasteiger partial charge is 0.455 e. The first-order valence-electron chi connectivity index (χ1n) is 13.3. The van der Waals surface area contributed by atoms with Gasteiger partial charge in [-0.3, -0.25) is 0 Å². The van der Waals surface area contributed by atoms with Crippen molar-refractivity contribution in [1.82, 2.24) is 9.78 Å². The molecule has 0 saturated carbocycles. The molecular weight excluding hydrogens is 502 g/mol. The zero-order chi connectivity index (χ0) is 26.5. The molecule has 1 aromatic heterocycles. The fourth-order valence-electron chi connectivity index (χ4n) is 4.75. The van der Waals surface area contributed by atoms with Gasteiger partial charge in [0.2, 0.25) is 0 Å². The van der Waals surface area contributed by atoms with Gasteiger partial charge in [0.15, 0.2) is 6.23 Å². The molecule has 1 atom stereocenters. The second-order valence-corrected chi connectivity index (χ2v) is 10.9. The third-order valence-electron chi connectivity index (χ3n) is 6.92. The summed E-state index contributed by atoms with van der Waals surface area (Å²) in [6, 6.07) is 11.1. The van der Waals surface area contributed by atoms with Crippen molar-refractivity contribution in [2.75, 3.05) is 25.1 Å². The van der Waals surface area contributed by atoms with E-state index in [-0.39, 0.29) is 12.2 Å². The average Bonchev–Trinajstić information content (AvgIpc) is 3.32. The minimum atomic E-state index is -0.680. The summed E-state index contributed by atoms with van der Waals surface area (Å²) in [4.78, 5) is 12.8. The number of hydrogen-bond donors (Lipinski definition) is 1. The maximum Gasteiger partial charge on any atom is 0.338 e. The van der Waals surface area contributed by atoms with Gasteiger partial charge in [-0.1, -0.05) is 23.4 Å². The van der Waals surface area contributed by atoms with Crippen LogP contribution < -0.4 is 5.32 Å². The summed E-state index contributed by atoms with van der Waals surface area (Å²) >= 11 is 6.57. The Bertz CT molecular complexity index is 1330. The van der Waals surface area contributed by atoms with Gasteiger partial charge in [0.1, 0.15) is 5.60 Å². The lowest BCUT2D eigenvalue weighted by molar-refractivity contribution is -0.0366. The summed E-state index contributed by atoms with van der Waals surface area (Å²) in [5, 5.41) is 9.47. The van der Waals surface area contributed by atoms with Crippen molar-refractivity contribution in [2.45, 2.75) is 64.2 Å². The van der Waals surface area contributed by atoms with Crippen molar-refractivity contribution in [1.29, 1.82) is 0 Å². The van der Waals surface area contributed by atoms with Gasteiger partial charge in [0, 0.05) is 43.2 Å². The van der Waals surface area contributed by atoms with Crippen molar-refractivity contribution >= 4 is 39.8 Å². The van der Waals surface area contributed by atoms with Crippen LogP contribution in [0.3, 0.4) is 0 Å². The van der Waals surface area contributed by atoms with Gasteiger partial charge in [-0.25, -0.2) is 9.48 Å². The van der Waals surface area contributed by atoms with Crippen LogP contribution in [0.4, 0.5) is 11.4 Å². The number of ether oxygens (including phenoxy) is 3. The van der Waals surface area contributed by atoms with Gasteiger partial charge >= 0.3 is 5.97 Å². The summed E-state index contributed by atoms with van der Waals surface area (Å²) in [7, 11) is 0. The van der Waals surface area contributed by atoms with Crippen LogP contribution in [0.5, 0.6) is 0 Å². The molecule has 0 spiro atoms. The highest BCUT2D eigenvalue weighted by atomic mass is 35.5. The zero-order valence-corrected chi connectivity index (χ0v) is 22.7. The van der Waals surface area contributed by atoms with Crippen LogP contribution in [0.2, 0.25) is 5.02 Å². The van der Waals surface area contributed by atoms with E-state index < -0.39 is 5.60 Å². The molecule has 1 unspecified atom stereocenters. The predicted octanol–water partition coefficient (Wildman–Crippen LogP) is 6.89. The number of halogens is 1. The van der Waals surface area contributed by atoms with E-state index in [1.54, 1.807) is 12.1 Å². The Morgan fingerprint density at radius 3 is 2.68 bits per heavy atom. The van der Waals surface area contributed by atoms with Crippen LogP contribution in [-0.4, -0.2) is 41.2 Å². The number of rotatable bonds is 6. The minimum Gasteiger partial charge on any atom is -0.455 e. The van der Waals surface area contributed by atoms with E-state index in [1.165, 1.54) is 0 Å². The summed E-state index contributed by atoms with van der Waals surface area (Å²) in [6.07, 6.45) is 7.33. The van der Waals surface area contributed by atoms with E-state index in [1.807, 2.05) is 49.0 Å². The Balaban J connectivity index is 1.22. The normalized spacial score (nSPS) is 18.6. The molecule has 0 amide bonds. The predicted molar refractivity (Wildman–Crippen MR) is 149 cm³/mol. The van der Waals surface area contributed by atoms with Crippen LogP contribution >= 0.6 is 11.6 Å². The SMILES string of the molecule is CC(C)(CC#CC1CCOCC1)OC(=O)c1ccc(Nc2cc3c(cnn3C3CCCCO3)cc2Cl)cc1. The van der Waals surface area contributed by atoms with Gasteiger partial charge in [-0.2, -0.15) is 5.10 Å². The van der Waals surface area contributed by atoms with E-state index in [0.29, 0.717) is 22.9 Å². The standard InChI is InChI=1S/C30H34ClN3O4/c1-30(2,14-5-6-21-12-16-36-17-13-21)38-29(35)22-8-10-24(11-9-22)33-26-19-27-23(18-25(26)31)20-32-34(27)28-7-3-4-15-37-28/h8-11,18-21,28,33H,3-4,7,12-17H2,1-2H3. The number of fused-ring (bicyclic) bond motifs is 1. The number of nitrogens with one attached hydrogen (secondary N) is 1. The van der Waals surface area contributed by atoms with Crippen LogP contribution in [0.25, 0.3) is 10.9 Å². The Kier molecular flexibility index (Phi) is 8.23. The highest BCUT2D eigenvalue weighted by molar-refractivity contribution is 6.34. The van der Waals surface area contributed by atoms with Crippen molar-refractivity contribution in [3.05, 3.63) is 53.2 Å². The number of benzene rings is 2. The molecule has 3 heterocycles. The Labute approximate surface area is 228 Å². The van der Waals surface area contributed by atoms with Crippen molar-refractivity contribution in [3.63, 3.8) is 0 Å². The van der Waals surface area contributed by atoms with Gasteiger partial charge in [-0.05, 0) is 82.3 Å². The molecular formula is C30H34ClN3O4. The second-order valence-electron chi connectivity index (χ2n) is 10.5. The molecule has 1 N–H and O–H groups in total. The Morgan fingerprint density at radius 1 is 1.16 bits per heavy atom. The summed E-state index contributed by atoms with van der Waals surface area (Å²) in [6.45, 7) is 6.06. The molecule has 2 aromatic carbocycles. The van der Waals surface area contributed by atoms with Crippen LogP contribution in [-0.2, 0) is 14.2 Å². The van der Waals surface area contributed by atoms with E-state index >= 15 is 0 Å². The van der Waals surface area contributed by atoms with Crippen molar-refractivity contribution in [2.24, 2.45) is 5.92 Å². The average molecular weight is 536 g/mol. The highest BCUT2D eigenvalue weighted by Gasteiger charge is 2.23. The van der Waals surface area contributed by atoms with Gasteiger partial charge in [0.05, 0.1) is 28.0 Å². The molecule has 2 fully saturated rings. The number of aromatic nitrogens is 2. The quantitative estimate of drug-likeness (QED) is 0.274. The topological polar surface area (TPSA) is 74.6 Å². The first kappa shape index (κ1) is 26.6. The molecule has 0 radical (unpaired) electrons. The monoisotopic (exact) mass is 535 g/mol. The molecule has 2 aliphatic heterocycles. The van der Waals surface area contributed by atoms with Crippen LogP contribution in [0.15, 0.2) is 42.6 Å². The zero-order valence-electron chi connectivity index (χ0n) is 22.0. The summed E-state index contributed by atoms with van der Waals surface area (Å²) in [5.41, 5.74) is 2.34. The Hall–Kier alpha value is -3.05. The van der Waals surface area contributed by atoms with Gasteiger partial charge in [-0.15, -0.1) is 0 Å². The highest BCUT2D eigenvalue weighted by Crippen LogP contribution is 2.33. The number of nitrogens with zero attached hydrogens (tertiary/aromatic N) is 2. The number of anilines is 2. The molecule has 38 heavy (non-hydrogen) atoms. The summed E-state index contributed by atoms with van der Waals surface area (Å²) in [5.74, 6) is 6.51. The Morgan fingerprint density at radius 2 is 1.95 bits per heavy atom. The third-order valence-corrected chi connectivity index (χ3v) is 7.24. The maximum atomic E-state index is 12.8. The lowest BCUT2D eigenvalue weighted by Gasteiger charge is -2.23. The molecule has 2 aliphatic rings. The lowest BCUT2D eigenvalue weighted by Crippen LogP contribution is -2.27. The smallest absolute Gasteiger partial charge is 0.338 e. The minimum absolute atomic E-state index is 0.0577. The molecule has 0 aliphatic carbocycles.